The van der Waals surface area contributed by atoms with Gasteiger partial charge in [-0.1, -0.05) is 0 Å². The molecule has 2 rings (SSSR count). The molecular weight excluding hydrogens is 168 g/mol. The highest BCUT2D eigenvalue weighted by atomic mass is 15.5. The zero-order valence-electron chi connectivity index (χ0n) is 7.11. The summed E-state index contributed by atoms with van der Waals surface area (Å²) in [6.45, 7) is 1.78. The minimum absolute atomic E-state index is 0.838. The van der Waals surface area contributed by atoms with Gasteiger partial charge in [0.05, 0.1) is 6.33 Å². The van der Waals surface area contributed by atoms with Crippen LogP contribution in [0.5, 0.6) is 0 Å². The van der Waals surface area contributed by atoms with Gasteiger partial charge in [0, 0.05) is 25.5 Å². The van der Waals surface area contributed by atoms with Crippen LogP contribution in [0.2, 0.25) is 0 Å². The van der Waals surface area contributed by atoms with Crippen LogP contribution in [-0.2, 0) is 13.1 Å². The molecular formula is C7H10N6. The van der Waals surface area contributed by atoms with Crippen molar-refractivity contribution < 1.29 is 0 Å². The lowest BCUT2D eigenvalue weighted by Crippen LogP contribution is -2.03. The molecule has 0 amide bonds. The molecule has 2 aromatic heterocycles. The first-order valence-electron chi connectivity index (χ1n) is 4.11. The van der Waals surface area contributed by atoms with Crippen LogP contribution in [0.1, 0.15) is 6.42 Å². The van der Waals surface area contributed by atoms with Gasteiger partial charge in [-0.15, -0.1) is 5.10 Å². The topological polar surface area (TPSA) is 61.4 Å². The van der Waals surface area contributed by atoms with Crippen LogP contribution in [-0.4, -0.2) is 29.8 Å². The number of nitrogens with zero attached hydrogens (tertiary/aromatic N) is 6. The van der Waals surface area contributed by atoms with Gasteiger partial charge in [0.2, 0.25) is 0 Å². The van der Waals surface area contributed by atoms with Crippen molar-refractivity contribution >= 4 is 0 Å². The van der Waals surface area contributed by atoms with E-state index in [1.54, 1.807) is 23.5 Å². The van der Waals surface area contributed by atoms with Gasteiger partial charge >= 0.3 is 0 Å². The number of aromatic nitrogens is 6. The summed E-state index contributed by atoms with van der Waals surface area (Å²) in [5.74, 6) is 0. The molecule has 0 bridgehead atoms. The SMILES string of the molecule is c1cn(CCCn2cnnn2)cn1. The fourth-order valence-electron chi connectivity index (χ4n) is 1.12. The molecule has 2 heterocycles. The van der Waals surface area contributed by atoms with Gasteiger partial charge in [0.25, 0.3) is 0 Å². The Bertz CT molecular complexity index is 290. The second-order valence-corrected chi connectivity index (χ2v) is 2.73. The molecule has 0 unspecified atom stereocenters. The Morgan fingerprint density at radius 3 is 2.85 bits per heavy atom. The second-order valence-electron chi connectivity index (χ2n) is 2.73. The molecule has 0 aliphatic carbocycles. The van der Waals surface area contributed by atoms with Crippen LogP contribution < -0.4 is 0 Å². The molecule has 0 atom stereocenters. The quantitative estimate of drug-likeness (QED) is 0.659. The normalized spacial score (nSPS) is 10.5. The van der Waals surface area contributed by atoms with Gasteiger partial charge in [0.1, 0.15) is 6.33 Å². The molecule has 0 spiro atoms. The van der Waals surface area contributed by atoms with Gasteiger partial charge in [0.15, 0.2) is 0 Å². The van der Waals surface area contributed by atoms with E-state index < -0.39 is 0 Å². The minimum atomic E-state index is 0.838. The van der Waals surface area contributed by atoms with Crippen LogP contribution in [0.15, 0.2) is 25.0 Å². The Labute approximate surface area is 75.2 Å². The first kappa shape index (κ1) is 7.90. The number of imidazole rings is 1. The van der Waals surface area contributed by atoms with E-state index in [2.05, 4.69) is 20.5 Å². The molecule has 0 fully saturated rings. The third-order valence-electron chi connectivity index (χ3n) is 1.75. The standard InChI is InChI=1S/C7H10N6/c1(3-12-5-2-8-6-12)4-13-7-9-10-11-13/h2,5-7H,1,3-4H2. The maximum atomic E-state index is 3.95. The van der Waals surface area contributed by atoms with Crippen molar-refractivity contribution in [1.29, 1.82) is 0 Å². The van der Waals surface area contributed by atoms with Gasteiger partial charge < -0.3 is 4.57 Å². The first-order chi connectivity index (χ1) is 6.45. The Balaban J connectivity index is 1.76. The molecule has 2 aromatic rings. The first-order valence-corrected chi connectivity index (χ1v) is 4.11. The van der Waals surface area contributed by atoms with Crippen molar-refractivity contribution in [3.8, 4) is 0 Å². The fraction of sp³-hybridized carbons (Fsp3) is 0.429. The summed E-state index contributed by atoms with van der Waals surface area (Å²) in [6.07, 6.45) is 8.14. The molecule has 0 radical (unpaired) electrons. The summed E-state index contributed by atoms with van der Waals surface area (Å²) in [5.41, 5.74) is 0. The second kappa shape index (κ2) is 3.79. The number of hydrogen-bond donors (Lipinski definition) is 0. The fourth-order valence-corrected chi connectivity index (χ4v) is 1.12. The van der Waals surface area contributed by atoms with E-state index in [9.17, 15) is 0 Å². The highest BCUT2D eigenvalue weighted by Gasteiger charge is 1.93. The average molecular weight is 178 g/mol. The summed E-state index contributed by atoms with van der Waals surface area (Å²) in [5, 5.41) is 10.9. The Hall–Kier alpha value is -1.72. The highest BCUT2D eigenvalue weighted by Crippen LogP contribution is 1.92. The molecule has 6 heteroatoms. The predicted molar refractivity (Wildman–Crippen MR) is 44.7 cm³/mol. The predicted octanol–water partition coefficient (Wildman–Crippen LogP) is -0.0401. The molecule has 0 saturated heterocycles. The molecule has 0 saturated carbocycles. The summed E-state index contributed by atoms with van der Waals surface area (Å²) >= 11 is 0. The molecule has 0 aliphatic heterocycles. The molecule has 68 valence electrons. The minimum Gasteiger partial charge on any atom is -0.337 e. The number of aryl methyl sites for hydroxylation is 2. The van der Waals surface area contributed by atoms with Crippen molar-refractivity contribution in [2.24, 2.45) is 0 Å². The van der Waals surface area contributed by atoms with Crippen LogP contribution >= 0.6 is 0 Å². The lowest BCUT2D eigenvalue weighted by atomic mass is 10.4. The molecule has 6 nitrogen and oxygen atoms in total. The number of rotatable bonds is 4. The maximum Gasteiger partial charge on any atom is 0.138 e. The van der Waals surface area contributed by atoms with Crippen LogP contribution in [0, 0.1) is 0 Å². The largest absolute Gasteiger partial charge is 0.337 e. The third-order valence-corrected chi connectivity index (χ3v) is 1.75. The third kappa shape index (κ3) is 2.11. The summed E-state index contributed by atoms with van der Waals surface area (Å²) in [4.78, 5) is 3.95. The van der Waals surface area contributed by atoms with E-state index in [0.717, 1.165) is 19.5 Å². The summed E-state index contributed by atoms with van der Waals surface area (Å²) in [7, 11) is 0. The van der Waals surface area contributed by atoms with Crippen molar-refractivity contribution in [2.45, 2.75) is 19.5 Å². The molecule has 0 aliphatic rings. The smallest absolute Gasteiger partial charge is 0.138 e. The van der Waals surface area contributed by atoms with Gasteiger partial charge in [-0.25, -0.2) is 9.67 Å². The summed E-state index contributed by atoms with van der Waals surface area (Å²) in [6, 6.07) is 0. The zero-order valence-corrected chi connectivity index (χ0v) is 7.11. The monoisotopic (exact) mass is 178 g/mol. The van der Waals surface area contributed by atoms with Crippen LogP contribution in [0.4, 0.5) is 0 Å². The lowest BCUT2D eigenvalue weighted by Gasteiger charge is -2.00. The van der Waals surface area contributed by atoms with Crippen molar-refractivity contribution in [3.05, 3.63) is 25.0 Å². The van der Waals surface area contributed by atoms with E-state index in [4.69, 9.17) is 0 Å². The summed E-state index contributed by atoms with van der Waals surface area (Å²) < 4.78 is 3.75. The number of hydrogen-bond acceptors (Lipinski definition) is 4. The molecule has 0 aromatic carbocycles. The molecule has 13 heavy (non-hydrogen) atoms. The molecule has 0 N–H and O–H groups in total. The highest BCUT2D eigenvalue weighted by molar-refractivity contribution is 4.73. The van der Waals surface area contributed by atoms with Gasteiger partial charge in [-0.05, 0) is 16.8 Å². The Morgan fingerprint density at radius 1 is 1.15 bits per heavy atom. The number of tetrazole rings is 1. The van der Waals surface area contributed by atoms with E-state index in [1.807, 2.05) is 10.8 Å². The van der Waals surface area contributed by atoms with E-state index in [-0.39, 0.29) is 0 Å². The lowest BCUT2D eigenvalue weighted by molar-refractivity contribution is 0.514. The van der Waals surface area contributed by atoms with Crippen LogP contribution in [0.3, 0.4) is 0 Å². The van der Waals surface area contributed by atoms with Crippen molar-refractivity contribution in [3.63, 3.8) is 0 Å². The maximum absolute atomic E-state index is 3.95. The van der Waals surface area contributed by atoms with Crippen molar-refractivity contribution in [2.75, 3.05) is 0 Å². The van der Waals surface area contributed by atoms with Crippen molar-refractivity contribution in [1.82, 2.24) is 29.8 Å². The Morgan fingerprint density at radius 2 is 2.15 bits per heavy atom. The zero-order chi connectivity index (χ0) is 8.93. The van der Waals surface area contributed by atoms with E-state index in [0.29, 0.717) is 0 Å². The van der Waals surface area contributed by atoms with Gasteiger partial charge in [-0.2, -0.15) is 0 Å². The van der Waals surface area contributed by atoms with E-state index in [1.165, 1.54) is 0 Å². The van der Waals surface area contributed by atoms with Crippen LogP contribution in [0.25, 0.3) is 0 Å². The Kier molecular flexibility index (Phi) is 2.31. The van der Waals surface area contributed by atoms with Gasteiger partial charge in [-0.3, -0.25) is 0 Å². The van der Waals surface area contributed by atoms with E-state index >= 15 is 0 Å². The average Bonchev–Trinajstić information content (AvgIpc) is 2.75.